The lowest BCUT2D eigenvalue weighted by atomic mass is 9.95. The first-order valence-electron chi connectivity index (χ1n) is 21.1. The minimum atomic E-state index is 0.596. The molecule has 3 heterocycles. The van der Waals surface area contributed by atoms with Gasteiger partial charge in [-0.15, -0.1) is 0 Å². The van der Waals surface area contributed by atoms with Crippen LogP contribution >= 0.6 is 0 Å². The van der Waals surface area contributed by atoms with Crippen LogP contribution in [0.2, 0.25) is 0 Å². The Morgan fingerprint density at radius 1 is 0.286 bits per heavy atom. The molecule has 5 nitrogen and oxygen atoms in total. The van der Waals surface area contributed by atoms with Crippen molar-refractivity contribution in [1.29, 1.82) is 0 Å². The van der Waals surface area contributed by atoms with Crippen LogP contribution in [-0.2, 0) is 0 Å². The fourth-order valence-corrected chi connectivity index (χ4v) is 8.79. The predicted molar refractivity (Wildman–Crippen MR) is 258 cm³/mol. The summed E-state index contributed by atoms with van der Waals surface area (Å²) in [6.07, 6.45) is 0. The van der Waals surface area contributed by atoms with Gasteiger partial charge in [-0.25, -0.2) is 19.9 Å². The van der Waals surface area contributed by atoms with E-state index in [4.69, 9.17) is 24.4 Å². The minimum absolute atomic E-state index is 0.596. The first kappa shape index (κ1) is 36.3. The van der Waals surface area contributed by atoms with Gasteiger partial charge in [-0.3, -0.25) is 0 Å². The van der Waals surface area contributed by atoms with E-state index in [1.165, 1.54) is 5.39 Å². The third kappa shape index (κ3) is 6.51. The largest absolute Gasteiger partial charge is 0.455 e. The molecule has 0 spiro atoms. The highest BCUT2D eigenvalue weighted by Crippen LogP contribution is 2.43. The van der Waals surface area contributed by atoms with Crippen molar-refractivity contribution >= 4 is 43.6 Å². The van der Waals surface area contributed by atoms with Crippen molar-refractivity contribution in [2.45, 2.75) is 0 Å². The molecule has 63 heavy (non-hydrogen) atoms. The zero-order valence-corrected chi connectivity index (χ0v) is 34.0. The third-order valence-corrected chi connectivity index (χ3v) is 12.0. The summed E-state index contributed by atoms with van der Waals surface area (Å²) in [5, 5.41) is 5.35. The van der Waals surface area contributed by atoms with Crippen LogP contribution in [0.4, 0.5) is 0 Å². The Kier molecular flexibility index (Phi) is 8.75. The molecule has 0 atom stereocenters. The van der Waals surface area contributed by atoms with Crippen molar-refractivity contribution in [1.82, 2.24) is 19.9 Å². The number of para-hydroxylation sites is 2. The van der Waals surface area contributed by atoms with Crippen LogP contribution in [0.5, 0.6) is 0 Å². The number of benzene rings is 9. The van der Waals surface area contributed by atoms with Crippen molar-refractivity contribution in [2.24, 2.45) is 0 Å². The lowest BCUT2D eigenvalue weighted by Crippen LogP contribution is -2.00. The van der Waals surface area contributed by atoms with E-state index in [0.717, 1.165) is 99.6 Å². The molecular weight excluding hydrogens is 769 g/mol. The number of pyridine rings is 1. The molecule has 294 valence electrons. The Morgan fingerprint density at radius 2 is 0.714 bits per heavy atom. The monoisotopic (exact) mass is 804 g/mol. The van der Waals surface area contributed by atoms with Gasteiger partial charge in [0.1, 0.15) is 11.2 Å². The molecule has 0 fully saturated rings. The lowest BCUT2D eigenvalue weighted by Gasteiger charge is -2.13. The summed E-state index contributed by atoms with van der Waals surface area (Å²) in [6, 6.07) is 75.6. The van der Waals surface area contributed by atoms with Crippen molar-refractivity contribution in [3.63, 3.8) is 0 Å². The smallest absolute Gasteiger partial charge is 0.164 e. The van der Waals surface area contributed by atoms with Crippen LogP contribution in [0.3, 0.4) is 0 Å². The fourth-order valence-electron chi connectivity index (χ4n) is 8.79. The summed E-state index contributed by atoms with van der Waals surface area (Å²) in [5.74, 6) is 1.82. The highest BCUT2D eigenvalue weighted by atomic mass is 16.3. The minimum Gasteiger partial charge on any atom is -0.455 e. The van der Waals surface area contributed by atoms with Crippen LogP contribution in [0.25, 0.3) is 122 Å². The summed E-state index contributed by atoms with van der Waals surface area (Å²) < 4.78 is 6.70. The molecule has 0 amide bonds. The second-order valence-electron chi connectivity index (χ2n) is 15.8. The molecule has 0 aliphatic carbocycles. The van der Waals surface area contributed by atoms with E-state index in [0.29, 0.717) is 17.5 Å². The molecule has 0 radical (unpaired) electrons. The summed E-state index contributed by atoms with van der Waals surface area (Å²) in [7, 11) is 0. The summed E-state index contributed by atoms with van der Waals surface area (Å²) in [5.41, 5.74) is 13.9. The zero-order valence-electron chi connectivity index (χ0n) is 34.0. The predicted octanol–water partition coefficient (Wildman–Crippen LogP) is 15.1. The number of fused-ring (bicyclic) bond motifs is 6. The normalized spacial score (nSPS) is 11.5. The highest BCUT2D eigenvalue weighted by molar-refractivity contribution is 6.22. The van der Waals surface area contributed by atoms with Gasteiger partial charge >= 0.3 is 0 Å². The van der Waals surface area contributed by atoms with Gasteiger partial charge in [0.2, 0.25) is 0 Å². The van der Waals surface area contributed by atoms with Crippen LogP contribution < -0.4 is 0 Å². The Morgan fingerprint density at radius 3 is 1.32 bits per heavy atom. The van der Waals surface area contributed by atoms with E-state index in [9.17, 15) is 0 Å². The van der Waals surface area contributed by atoms with Gasteiger partial charge in [0, 0.05) is 38.6 Å². The Balaban J connectivity index is 0.979. The second kappa shape index (κ2) is 15.2. The Labute approximate surface area is 363 Å². The van der Waals surface area contributed by atoms with Gasteiger partial charge < -0.3 is 4.42 Å². The maximum Gasteiger partial charge on any atom is 0.164 e. The van der Waals surface area contributed by atoms with Crippen LogP contribution in [0.15, 0.2) is 223 Å². The van der Waals surface area contributed by atoms with E-state index >= 15 is 0 Å². The molecule has 12 rings (SSSR count). The maximum absolute atomic E-state index is 6.70. The number of hydrogen-bond acceptors (Lipinski definition) is 5. The number of furan rings is 1. The van der Waals surface area contributed by atoms with Gasteiger partial charge in [0.05, 0.1) is 16.6 Å². The zero-order chi connectivity index (χ0) is 41.7. The topological polar surface area (TPSA) is 64.7 Å². The van der Waals surface area contributed by atoms with Crippen molar-refractivity contribution in [3.05, 3.63) is 218 Å². The Hall–Kier alpha value is -8.54. The quantitative estimate of drug-likeness (QED) is 0.161. The van der Waals surface area contributed by atoms with Gasteiger partial charge in [-0.05, 0) is 50.7 Å². The Bertz CT molecular complexity index is 3530. The summed E-state index contributed by atoms with van der Waals surface area (Å²) in [6.45, 7) is 0. The van der Waals surface area contributed by atoms with Crippen LogP contribution in [-0.4, -0.2) is 19.9 Å². The average molecular weight is 805 g/mol. The first-order valence-corrected chi connectivity index (χ1v) is 21.1. The highest BCUT2D eigenvalue weighted by Gasteiger charge is 2.21. The molecule has 9 aromatic carbocycles. The van der Waals surface area contributed by atoms with Crippen molar-refractivity contribution in [2.75, 3.05) is 0 Å². The molecule has 0 unspecified atom stereocenters. The molecule has 0 saturated carbocycles. The third-order valence-electron chi connectivity index (χ3n) is 12.0. The van der Waals surface area contributed by atoms with E-state index in [2.05, 4.69) is 194 Å². The van der Waals surface area contributed by atoms with Crippen molar-refractivity contribution < 1.29 is 4.42 Å². The van der Waals surface area contributed by atoms with Crippen LogP contribution in [0, 0.1) is 0 Å². The molecule has 0 bridgehead atoms. The number of rotatable bonds is 7. The molecular formula is C58H36N4O. The molecule has 0 aliphatic rings. The van der Waals surface area contributed by atoms with Crippen molar-refractivity contribution in [3.8, 4) is 78.8 Å². The van der Waals surface area contributed by atoms with Crippen LogP contribution in [0.1, 0.15) is 0 Å². The van der Waals surface area contributed by atoms with Gasteiger partial charge in [-0.1, -0.05) is 206 Å². The number of nitrogens with zero attached hydrogens (tertiary/aromatic N) is 4. The summed E-state index contributed by atoms with van der Waals surface area (Å²) in [4.78, 5) is 20.8. The molecule has 0 saturated heterocycles. The summed E-state index contributed by atoms with van der Waals surface area (Å²) >= 11 is 0. The van der Waals surface area contributed by atoms with Gasteiger partial charge in [-0.2, -0.15) is 0 Å². The van der Waals surface area contributed by atoms with E-state index < -0.39 is 0 Å². The lowest BCUT2D eigenvalue weighted by molar-refractivity contribution is 0.672. The molecule has 3 aromatic heterocycles. The van der Waals surface area contributed by atoms with E-state index in [1.807, 2.05) is 24.3 Å². The first-order chi connectivity index (χ1) is 31.2. The molecule has 5 heteroatoms. The SMILES string of the molecule is c1ccc(-c2ccc(-c3nc(-c4ccc(-c5ccccc5)cc4)nc(-c4ccc(-c5cccc6c5nc(-c5cccc7ccccc57)c5c7ccccc7oc65)cc4)n3)cc2)cc1. The second-order valence-corrected chi connectivity index (χ2v) is 15.8. The van der Waals surface area contributed by atoms with Gasteiger partial charge in [0.15, 0.2) is 17.5 Å². The average Bonchev–Trinajstić information content (AvgIpc) is 3.77. The molecule has 12 aromatic rings. The molecule has 0 aliphatic heterocycles. The maximum atomic E-state index is 6.70. The number of hydrogen-bond donors (Lipinski definition) is 0. The van der Waals surface area contributed by atoms with Gasteiger partial charge in [0.25, 0.3) is 0 Å². The standard InChI is InChI=1S/C58H36N4O/c1-3-13-37(14-4-1)39-25-31-43(32-26-39)56-60-57(44-33-27-40(28-34-44)38-15-5-2-6-16-38)62-58(61-56)45-35-29-42(30-36-45)47-21-12-23-50-53(47)59-54(48-22-11-18-41-17-7-8-19-46(41)48)52-49-20-9-10-24-51(49)63-55(50)52/h1-36H. The fraction of sp³-hybridized carbons (Fsp3) is 0. The van der Waals surface area contributed by atoms with E-state index in [1.54, 1.807) is 0 Å². The molecule has 0 N–H and O–H groups in total. The number of aromatic nitrogens is 4. The van der Waals surface area contributed by atoms with E-state index in [-0.39, 0.29) is 0 Å².